The molecule has 2 fully saturated rings. The fourth-order valence-electron chi connectivity index (χ4n) is 2.33. The molecule has 1 N–H and O–H groups in total. The Labute approximate surface area is 86.0 Å². The van der Waals surface area contributed by atoms with E-state index in [-0.39, 0.29) is 5.41 Å². The average molecular weight is 199 g/mol. The van der Waals surface area contributed by atoms with Crippen LogP contribution in [0.15, 0.2) is 0 Å². The molecule has 0 aromatic carbocycles. The molecular weight excluding hydrogens is 178 g/mol. The normalized spacial score (nSPS) is 26.8. The van der Waals surface area contributed by atoms with E-state index in [0.29, 0.717) is 12.6 Å². The highest BCUT2D eigenvalue weighted by atomic mass is 16.5. The van der Waals surface area contributed by atoms with Crippen LogP contribution in [0.25, 0.3) is 0 Å². The Balaban J connectivity index is 1.79. The van der Waals surface area contributed by atoms with Gasteiger partial charge in [-0.25, -0.2) is 0 Å². The SMILES string of the molecule is CN(CC1(CO)CC1)C1CCOCC1. The Kier molecular flexibility index (Phi) is 3.10. The molecule has 14 heavy (non-hydrogen) atoms. The highest BCUT2D eigenvalue weighted by Gasteiger charge is 2.43. The summed E-state index contributed by atoms with van der Waals surface area (Å²) in [6, 6.07) is 0.674. The third kappa shape index (κ3) is 2.27. The molecule has 3 nitrogen and oxygen atoms in total. The fraction of sp³-hybridized carbons (Fsp3) is 1.00. The van der Waals surface area contributed by atoms with Crippen molar-refractivity contribution in [2.45, 2.75) is 31.7 Å². The van der Waals surface area contributed by atoms with E-state index in [9.17, 15) is 5.11 Å². The van der Waals surface area contributed by atoms with E-state index in [1.54, 1.807) is 0 Å². The lowest BCUT2D eigenvalue weighted by Crippen LogP contribution is -2.40. The van der Waals surface area contributed by atoms with Crippen molar-refractivity contribution < 1.29 is 9.84 Å². The first-order valence-corrected chi connectivity index (χ1v) is 5.65. The van der Waals surface area contributed by atoms with Crippen LogP contribution in [0, 0.1) is 5.41 Å². The summed E-state index contributed by atoms with van der Waals surface area (Å²) in [6.45, 7) is 3.23. The average Bonchev–Trinajstić information content (AvgIpc) is 3.00. The van der Waals surface area contributed by atoms with E-state index in [1.165, 1.54) is 12.8 Å². The van der Waals surface area contributed by atoms with Gasteiger partial charge in [-0.15, -0.1) is 0 Å². The molecule has 0 aromatic rings. The maximum Gasteiger partial charge on any atom is 0.0499 e. The van der Waals surface area contributed by atoms with Crippen molar-refractivity contribution >= 4 is 0 Å². The second-order valence-corrected chi connectivity index (χ2v) is 4.92. The zero-order chi connectivity index (χ0) is 10.0. The lowest BCUT2D eigenvalue weighted by Gasteiger charge is -2.33. The fourth-order valence-corrected chi connectivity index (χ4v) is 2.33. The van der Waals surface area contributed by atoms with Gasteiger partial charge in [0.1, 0.15) is 0 Å². The summed E-state index contributed by atoms with van der Waals surface area (Å²) in [5.41, 5.74) is 0.257. The number of aliphatic hydroxyl groups is 1. The monoisotopic (exact) mass is 199 g/mol. The van der Waals surface area contributed by atoms with Crippen LogP contribution in [0.3, 0.4) is 0 Å². The lowest BCUT2D eigenvalue weighted by molar-refractivity contribution is 0.0319. The number of ether oxygens (including phenoxy) is 1. The standard InChI is InChI=1S/C11H21NO2/c1-12(8-11(9-13)4-5-11)10-2-6-14-7-3-10/h10,13H,2-9H2,1H3. The molecule has 1 saturated heterocycles. The van der Waals surface area contributed by atoms with Gasteiger partial charge in [0.15, 0.2) is 0 Å². The Morgan fingerprint density at radius 2 is 2.00 bits per heavy atom. The highest BCUT2D eigenvalue weighted by Crippen LogP contribution is 2.45. The van der Waals surface area contributed by atoms with Crippen LogP contribution < -0.4 is 0 Å². The van der Waals surface area contributed by atoms with Crippen molar-refractivity contribution in [1.29, 1.82) is 0 Å². The third-order valence-corrected chi connectivity index (χ3v) is 3.69. The van der Waals surface area contributed by atoms with Crippen LogP contribution in [-0.4, -0.2) is 49.5 Å². The summed E-state index contributed by atoms with van der Waals surface area (Å²) in [7, 11) is 2.19. The molecule has 1 aliphatic heterocycles. The van der Waals surface area contributed by atoms with E-state index in [0.717, 1.165) is 32.6 Å². The molecule has 1 saturated carbocycles. The van der Waals surface area contributed by atoms with Gasteiger partial charge >= 0.3 is 0 Å². The first-order chi connectivity index (χ1) is 6.76. The van der Waals surface area contributed by atoms with Crippen LogP contribution in [0.5, 0.6) is 0 Å². The molecule has 0 aromatic heterocycles. The molecule has 1 aliphatic carbocycles. The Bertz CT molecular complexity index is 186. The van der Waals surface area contributed by atoms with Gasteiger partial charge in [-0.05, 0) is 32.7 Å². The maximum atomic E-state index is 9.25. The van der Waals surface area contributed by atoms with Gasteiger partial charge < -0.3 is 14.7 Å². The molecule has 0 atom stereocenters. The molecule has 0 unspecified atom stereocenters. The van der Waals surface area contributed by atoms with Gasteiger partial charge in [0.05, 0.1) is 0 Å². The second-order valence-electron chi connectivity index (χ2n) is 4.92. The molecule has 82 valence electrons. The van der Waals surface area contributed by atoms with Gasteiger partial charge in [-0.1, -0.05) is 0 Å². The third-order valence-electron chi connectivity index (χ3n) is 3.69. The predicted octanol–water partition coefficient (Wildman–Crippen LogP) is 0.870. The lowest BCUT2D eigenvalue weighted by atomic mass is 10.0. The molecule has 1 heterocycles. The maximum absolute atomic E-state index is 9.25. The van der Waals surface area contributed by atoms with Crippen LogP contribution in [-0.2, 0) is 4.74 Å². The van der Waals surface area contributed by atoms with E-state index in [4.69, 9.17) is 4.74 Å². The van der Waals surface area contributed by atoms with Crippen molar-refractivity contribution in [3.05, 3.63) is 0 Å². The minimum atomic E-state index is 0.257. The van der Waals surface area contributed by atoms with Gasteiger partial charge in [0.2, 0.25) is 0 Å². The molecular formula is C11H21NO2. The quantitative estimate of drug-likeness (QED) is 0.729. The van der Waals surface area contributed by atoms with E-state index in [2.05, 4.69) is 11.9 Å². The van der Waals surface area contributed by atoms with Crippen LogP contribution in [0.4, 0.5) is 0 Å². The summed E-state index contributed by atoms with van der Waals surface area (Å²) in [5.74, 6) is 0. The van der Waals surface area contributed by atoms with Crippen LogP contribution in [0.1, 0.15) is 25.7 Å². The minimum absolute atomic E-state index is 0.257. The summed E-state index contributed by atoms with van der Waals surface area (Å²) >= 11 is 0. The predicted molar refractivity (Wildman–Crippen MR) is 55.2 cm³/mol. The molecule has 0 radical (unpaired) electrons. The van der Waals surface area contributed by atoms with Gasteiger partial charge in [0.25, 0.3) is 0 Å². The van der Waals surface area contributed by atoms with E-state index < -0.39 is 0 Å². The minimum Gasteiger partial charge on any atom is -0.396 e. The van der Waals surface area contributed by atoms with Gasteiger partial charge in [-0.3, -0.25) is 0 Å². The Hall–Kier alpha value is -0.120. The summed E-state index contributed by atoms with van der Waals surface area (Å²) in [6.07, 6.45) is 4.71. The topological polar surface area (TPSA) is 32.7 Å². The van der Waals surface area contributed by atoms with Crippen molar-refractivity contribution in [1.82, 2.24) is 4.90 Å². The van der Waals surface area contributed by atoms with E-state index in [1.807, 2.05) is 0 Å². The number of hydrogen-bond acceptors (Lipinski definition) is 3. The molecule has 0 bridgehead atoms. The first kappa shape index (κ1) is 10.4. The summed E-state index contributed by atoms with van der Waals surface area (Å²) in [5, 5.41) is 9.25. The smallest absolute Gasteiger partial charge is 0.0499 e. The zero-order valence-electron chi connectivity index (χ0n) is 9.04. The summed E-state index contributed by atoms with van der Waals surface area (Å²) < 4.78 is 5.35. The molecule has 2 rings (SSSR count). The first-order valence-electron chi connectivity index (χ1n) is 5.65. The largest absolute Gasteiger partial charge is 0.396 e. The Morgan fingerprint density at radius 3 is 2.50 bits per heavy atom. The highest BCUT2D eigenvalue weighted by molar-refractivity contribution is 4.95. The van der Waals surface area contributed by atoms with Crippen LogP contribution in [0.2, 0.25) is 0 Å². The molecule has 3 heteroatoms. The number of rotatable bonds is 4. The van der Waals surface area contributed by atoms with Gasteiger partial charge in [0, 0.05) is 37.8 Å². The second kappa shape index (κ2) is 4.17. The molecule has 0 amide bonds. The molecule has 0 spiro atoms. The van der Waals surface area contributed by atoms with Gasteiger partial charge in [-0.2, -0.15) is 0 Å². The zero-order valence-corrected chi connectivity index (χ0v) is 9.04. The van der Waals surface area contributed by atoms with E-state index >= 15 is 0 Å². The number of nitrogens with zero attached hydrogens (tertiary/aromatic N) is 1. The van der Waals surface area contributed by atoms with Crippen molar-refractivity contribution in [2.24, 2.45) is 5.41 Å². The number of hydrogen-bond donors (Lipinski definition) is 1. The van der Waals surface area contributed by atoms with Crippen molar-refractivity contribution in [3.8, 4) is 0 Å². The number of aliphatic hydroxyl groups excluding tert-OH is 1. The Morgan fingerprint density at radius 1 is 1.36 bits per heavy atom. The van der Waals surface area contributed by atoms with Crippen molar-refractivity contribution in [2.75, 3.05) is 33.4 Å². The van der Waals surface area contributed by atoms with Crippen molar-refractivity contribution in [3.63, 3.8) is 0 Å². The summed E-state index contributed by atoms with van der Waals surface area (Å²) in [4.78, 5) is 2.42. The van der Waals surface area contributed by atoms with Crippen LogP contribution >= 0.6 is 0 Å². The molecule has 2 aliphatic rings.